The van der Waals surface area contributed by atoms with Crippen LogP contribution in [0.25, 0.3) is 0 Å². The quantitative estimate of drug-likeness (QED) is 0.773. The molecule has 4 aliphatic rings. The summed E-state index contributed by atoms with van der Waals surface area (Å²) in [4.78, 5) is 15.3. The van der Waals surface area contributed by atoms with Gasteiger partial charge in [-0.15, -0.1) is 0 Å². The normalized spacial score (nSPS) is 30.8. The summed E-state index contributed by atoms with van der Waals surface area (Å²) in [6.07, 6.45) is 6.77. The lowest BCUT2D eigenvalue weighted by atomic mass is 9.51. The molecule has 3 saturated carbocycles. The molecule has 0 spiro atoms. The van der Waals surface area contributed by atoms with Gasteiger partial charge >= 0.3 is 0 Å². The maximum atomic E-state index is 13.2. The van der Waals surface area contributed by atoms with Crippen LogP contribution in [0.1, 0.15) is 57.9 Å². The highest BCUT2D eigenvalue weighted by molar-refractivity contribution is 5.84. The van der Waals surface area contributed by atoms with Crippen LogP contribution in [0.2, 0.25) is 0 Å². The van der Waals surface area contributed by atoms with E-state index in [-0.39, 0.29) is 29.4 Å². The van der Waals surface area contributed by atoms with E-state index < -0.39 is 0 Å². The van der Waals surface area contributed by atoms with Gasteiger partial charge in [0.25, 0.3) is 0 Å². The predicted molar refractivity (Wildman–Crippen MR) is 112 cm³/mol. The number of hydrogen-bond donors (Lipinski definition) is 1. The molecule has 158 valence electrons. The van der Waals surface area contributed by atoms with Gasteiger partial charge in [-0.3, -0.25) is 4.79 Å². The topological polar surface area (TPSA) is 55.6 Å². The first-order valence-corrected chi connectivity index (χ1v) is 10.8. The Morgan fingerprint density at radius 1 is 1.10 bits per heavy atom. The Morgan fingerprint density at radius 3 is 2.17 bits per heavy atom. The highest BCUT2D eigenvalue weighted by atomic mass is 19.1. The van der Waals surface area contributed by atoms with Crippen molar-refractivity contribution in [3.63, 3.8) is 0 Å². The van der Waals surface area contributed by atoms with Crippen LogP contribution < -0.4 is 10.5 Å². The van der Waals surface area contributed by atoms with Crippen molar-refractivity contribution in [3.05, 3.63) is 41.7 Å². The first kappa shape index (κ1) is 20.4. The van der Waals surface area contributed by atoms with Gasteiger partial charge in [0, 0.05) is 30.6 Å². The third-order valence-corrected chi connectivity index (χ3v) is 7.53. The van der Waals surface area contributed by atoms with Crippen LogP contribution in [-0.4, -0.2) is 37.0 Å². The van der Waals surface area contributed by atoms with Crippen LogP contribution in [0, 0.1) is 10.8 Å². The summed E-state index contributed by atoms with van der Waals surface area (Å²) in [6, 6.07) is 8.24. The third-order valence-electron chi connectivity index (χ3n) is 7.53. The van der Waals surface area contributed by atoms with Gasteiger partial charge in [-0.2, -0.15) is 0 Å². The molecule has 2 N–H and O–H groups in total. The number of carbonyl (C=O) groups excluding carboxylic acids is 1. The van der Waals surface area contributed by atoms with Gasteiger partial charge in [0.1, 0.15) is 12.4 Å². The molecule has 1 saturated heterocycles. The van der Waals surface area contributed by atoms with E-state index in [0.29, 0.717) is 17.8 Å². The van der Waals surface area contributed by atoms with Crippen LogP contribution in [0.3, 0.4) is 0 Å². The zero-order chi connectivity index (χ0) is 20.7. The van der Waals surface area contributed by atoms with Gasteiger partial charge < -0.3 is 15.4 Å². The van der Waals surface area contributed by atoms with Crippen molar-refractivity contribution in [1.82, 2.24) is 4.90 Å². The molecular formula is C24H33FN2O2. The Kier molecular flexibility index (Phi) is 5.22. The summed E-state index contributed by atoms with van der Waals surface area (Å²) >= 11 is 0. The van der Waals surface area contributed by atoms with E-state index in [1.165, 1.54) is 5.56 Å². The fraction of sp³-hybridized carbons (Fsp3) is 0.625. The molecule has 4 nitrogen and oxygen atoms in total. The molecule has 0 radical (unpaired) electrons. The largest absolute Gasteiger partial charge is 0.489 e. The van der Waals surface area contributed by atoms with Crippen molar-refractivity contribution in [2.24, 2.45) is 16.6 Å². The van der Waals surface area contributed by atoms with E-state index in [1.54, 1.807) is 0 Å². The van der Waals surface area contributed by atoms with Crippen molar-refractivity contribution in [2.45, 2.75) is 57.8 Å². The van der Waals surface area contributed by atoms with Crippen molar-refractivity contribution in [2.75, 3.05) is 26.2 Å². The summed E-state index contributed by atoms with van der Waals surface area (Å²) in [5, 5.41) is 0. The molecule has 1 aliphatic heterocycles. The number of amides is 1. The number of ether oxygens (including phenoxy) is 1. The molecule has 0 atom stereocenters. The number of rotatable bonds is 6. The number of benzene rings is 1. The summed E-state index contributed by atoms with van der Waals surface area (Å²) in [5.74, 6) is 1.14. The Labute approximate surface area is 173 Å². The third kappa shape index (κ3) is 3.70. The maximum absolute atomic E-state index is 13.2. The molecule has 1 aromatic carbocycles. The first-order valence-electron chi connectivity index (χ1n) is 10.8. The van der Waals surface area contributed by atoms with Gasteiger partial charge in [-0.05, 0) is 67.1 Å². The molecule has 1 aromatic rings. The molecule has 5 heteroatoms. The first-order chi connectivity index (χ1) is 13.8. The SMILES string of the molecule is CC1(C)CN(C(=O)C23CCC(c4ccc(OCC(=CF)CN)cc4)(CC2)CC3)C1. The van der Waals surface area contributed by atoms with E-state index in [1.807, 2.05) is 12.1 Å². The van der Waals surface area contributed by atoms with Crippen LogP contribution >= 0.6 is 0 Å². The zero-order valence-corrected chi connectivity index (χ0v) is 17.7. The lowest BCUT2D eigenvalue weighted by molar-refractivity contribution is -0.160. The van der Waals surface area contributed by atoms with Gasteiger partial charge in [0.15, 0.2) is 0 Å². The Balaban J connectivity index is 1.39. The smallest absolute Gasteiger partial charge is 0.228 e. The van der Waals surface area contributed by atoms with Crippen molar-refractivity contribution in [3.8, 4) is 5.75 Å². The number of fused-ring (bicyclic) bond motifs is 3. The van der Waals surface area contributed by atoms with Gasteiger partial charge in [0.05, 0.1) is 6.33 Å². The van der Waals surface area contributed by atoms with Crippen LogP contribution in [-0.2, 0) is 10.2 Å². The summed E-state index contributed by atoms with van der Waals surface area (Å²) in [6.45, 7) is 6.62. The molecule has 5 rings (SSSR count). The maximum Gasteiger partial charge on any atom is 0.228 e. The number of nitrogens with two attached hydrogens (primary N) is 1. The van der Waals surface area contributed by atoms with Crippen LogP contribution in [0.5, 0.6) is 5.75 Å². The zero-order valence-electron chi connectivity index (χ0n) is 17.7. The van der Waals surface area contributed by atoms with E-state index in [9.17, 15) is 9.18 Å². The fourth-order valence-electron chi connectivity index (χ4n) is 5.62. The molecule has 2 bridgehead atoms. The molecule has 29 heavy (non-hydrogen) atoms. The molecule has 0 aromatic heterocycles. The Hall–Kier alpha value is -1.88. The van der Waals surface area contributed by atoms with Crippen LogP contribution in [0.4, 0.5) is 4.39 Å². The minimum absolute atomic E-state index is 0.112. The van der Waals surface area contributed by atoms with E-state index in [0.717, 1.165) is 57.4 Å². The predicted octanol–water partition coefficient (Wildman–Crippen LogP) is 4.34. The molecule has 3 aliphatic carbocycles. The Morgan fingerprint density at radius 2 is 1.69 bits per heavy atom. The van der Waals surface area contributed by atoms with Crippen molar-refractivity contribution in [1.29, 1.82) is 0 Å². The summed E-state index contributed by atoms with van der Waals surface area (Å²) in [7, 11) is 0. The molecular weight excluding hydrogens is 367 g/mol. The summed E-state index contributed by atoms with van der Waals surface area (Å²) in [5.41, 5.74) is 7.62. The second-order valence-corrected chi connectivity index (χ2v) is 10.2. The van der Waals surface area contributed by atoms with Gasteiger partial charge in [-0.1, -0.05) is 26.0 Å². The van der Waals surface area contributed by atoms with E-state index in [2.05, 4.69) is 30.9 Å². The number of nitrogens with zero attached hydrogens (tertiary/aromatic N) is 1. The monoisotopic (exact) mass is 400 g/mol. The summed E-state index contributed by atoms with van der Waals surface area (Å²) < 4.78 is 18.3. The molecule has 1 heterocycles. The molecule has 0 unspecified atom stereocenters. The lowest BCUT2D eigenvalue weighted by Gasteiger charge is -2.56. The second-order valence-electron chi connectivity index (χ2n) is 10.2. The minimum Gasteiger partial charge on any atom is -0.489 e. The molecule has 4 fully saturated rings. The van der Waals surface area contributed by atoms with Crippen molar-refractivity contribution < 1.29 is 13.9 Å². The fourth-order valence-corrected chi connectivity index (χ4v) is 5.62. The standard InChI is InChI=1S/C24H33FN2O2/c1-22(2)16-27(17-22)21(28)24-10-7-23(8-11-24,9-12-24)19-3-5-20(6-4-19)29-15-18(13-25)14-26/h3-6,13H,7-12,14-17,26H2,1-2H3. The highest BCUT2D eigenvalue weighted by Gasteiger charge is 2.55. The Bertz CT molecular complexity index is 767. The minimum atomic E-state index is -0.112. The number of carbonyl (C=O) groups is 1. The number of likely N-dealkylation sites (tertiary alicyclic amines) is 1. The average Bonchev–Trinajstić information content (AvgIpc) is 2.74. The van der Waals surface area contributed by atoms with Gasteiger partial charge in [0.2, 0.25) is 5.91 Å². The van der Waals surface area contributed by atoms with Crippen molar-refractivity contribution >= 4 is 5.91 Å². The molecule has 1 amide bonds. The second kappa shape index (κ2) is 7.42. The number of halogens is 1. The number of hydrogen-bond acceptors (Lipinski definition) is 3. The average molecular weight is 401 g/mol. The van der Waals surface area contributed by atoms with E-state index >= 15 is 0 Å². The van der Waals surface area contributed by atoms with E-state index in [4.69, 9.17) is 10.5 Å². The lowest BCUT2D eigenvalue weighted by Crippen LogP contribution is -2.61. The van der Waals surface area contributed by atoms with Crippen LogP contribution in [0.15, 0.2) is 36.2 Å². The highest BCUT2D eigenvalue weighted by Crippen LogP contribution is 2.59. The van der Waals surface area contributed by atoms with Gasteiger partial charge in [-0.25, -0.2) is 4.39 Å².